The molecule has 0 spiro atoms. The lowest BCUT2D eigenvalue weighted by molar-refractivity contribution is -0.135. The van der Waals surface area contributed by atoms with Crippen LogP contribution in [-0.2, 0) is 16.0 Å². The van der Waals surface area contributed by atoms with Crippen molar-refractivity contribution in [3.8, 4) is 0 Å². The fourth-order valence-electron chi connectivity index (χ4n) is 2.98. The molecule has 7 heteroatoms. The maximum absolute atomic E-state index is 12.2. The van der Waals surface area contributed by atoms with Gasteiger partial charge in [0.05, 0.1) is 12.5 Å². The predicted octanol–water partition coefficient (Wildman–Crippen LogP) is 3.56. The Balaban J connectivity index is 0.00000288. The third-order valence-corrected chi connectivity index (χ3v) is 5.09. The van der Waals surface area contributed by atoms with E-state index < -0.39 is 0 Å². The van der Waals surface area contributed by atoms with Crippen LogP contribution in [0.25, 0.3) is 0 Å². The molecule has 2 N–H and O–H groups in total. The number of amides is 1. The summed E-state index contributed by atoms with van der Waals surface area (Å²) in [6, 6.07) is 5.58. The Labute approximate surface area is 160 Å². The summed E-state index contributed by atoms with van der Waals surface area (Å²) in [5.41, 5.74) is 6.67. The zero-order valence-corrected chi connectivity index (χ0v) is 16.2. The summed E-state index contributed by atoms with van der Waals surface area (Å²) in [5.74, 6) is 0.657. The van der Waals surface area contributed by atoms with Crippen LogP contribution < -0.4 is 5.73 Å². The van der Waals surface area contributed by atoms with Crippen molar-refractivity contribution in [2.24, 2.45) is 11.7 Å². The van der Waals surface area contributed by atoms with Gasteiger partial charge in [-0.05, 0) is 48.9 Å². The van der Waals surface area contributed by atoms with Crippen LogP contribution in [0.2, 0.25) is 10.0 Å². The van der Waals surface area contributed by atoms with Gasteiger partial charge in [0.1, 0.15) is 0 Å². The highest BCUT2D eigenvalue weighted by Crippen LogP contribution is 2.28. The first kappa shape index (κ1) is 21.5. The molecule has 0 saturated carbocycles. The quantitative estimate of drug-likeness (QED) is 0.801. The molecule has 1 atom stereocenters. The molecule has 1 aliphatic heterocycles. The topological polar surface area (TPSA) is 55.6 Å². The van der Waals surface area contributed by atoms with E-state index in [2.05, 4.69) is 0 Å². The minimum Gasteiger partial charge on any atom is -0.380 e. The zero-order chi connectivity index (χ0) is 16.8. The van der Waals surface area contributed by atoms with Crippen molar-refractivity contribution in [2.75, 3.05) is 26.7 Å². The zero-order valence-electron chi connectivity index (χ0n) is 13.8. The Bertz CT molecular complexity index is 531. The molecule has 1 amide bonds. The Morgan fingerprint density at radius 2 is 2.04 bits per heavy atom. The summed E-state index contributed by atoms with van der Waals surface area (Å²) in [5, 5.41) is 1.48. The number of piperidine rings is 1. The van der Waals surface area contributed by atoms with Crippen molar-refractivity contribution in [1.29, 1.82) is 0 Å². The summed E-state index contributed by atoms with van der Waals surface area (Å²) < 4.78 is 5.19. The fourth-order valence-corrected chi connectivity index (χ4v) is 3.37. The van der Waals surface area contributed by atoms with Crippen molar-refractivity contribution in [3.63, 3.8) is 0 Å². The number of hydrogen-bond acceptors (Lipinski definition) is 3. The number of halogens is 3. The van der Waals surface area contributed by atoms with Crippen LogP contribution in [0.15, 0.2) is 18.2 Å². The molecule has 0 bridgehead atoms. The number of hydrogen-bond donors (Lipinski definition) is 1. The van der Waals surface area contributed by atoms with Gasteiger partial charge in [0.2, 0.25) is 5.91 Å². The first-order valence-electron chi connectivity index (χ1n) is 7.98. The molecular formula is C17H25Cl3N2O2. The monoisotopic (exact) mass is 394 g/mol. The summed E-state index contributed by atoms with van der Waals surface area (Å²) >= 11 is 12.3. The van der Waals surface area contributed by atoms with E-state index >= 15 is 0 Å². The Hall–Kier alpha value is -0.520. The average Bonchev–Trinajstić information content (AvgIpc) is 2.56. The average molecular weight is 396 g/mol. The maximum atomic E-state index is 12.2. The van der Waals surface area contributed by atoms with Gasteiger partial charge in [-0.3, -0.25) is 4.79 Å². The van der Waals surface area contributed by atoms with Gasteiger partial charge in [0, 0.05) is 36.8 Å². The molecule has 1 saturated heterocycles. The second-order valence-electron chi connectivity index (χ2n) is 6.06. The lowest BCUT2D eigenvalue weighted by Gasteiger charge is -2.33. The van der Waals surface area contributed by atoms with Crippen LogP contribution in [0.4, 0.5) is 0 Å². The van der Waals surface area contributed by atoms with Gasteiger partial charge in [0.15, 0.2) is 0 Å². The molecule has 0 radical (unpaired) electrons. The normalized spacial score (nSPS) is 16.6. The van der Waals surface area contributed by atoms with E-state index in [-0.39, 0.29) is 24.4 Å². The number of carbonyl (C=O) groups is 1. The third-order valence-electron chi connectivity index (χ3n) is 4.48. The predicted molar refractivity (Wildman–Crippen MR) is 101 cm³/mol. The van der Waals surface area contributed by atoms with E-state index in [9.17, 15) is 4.79 Å². The molecule has 24 heavy (non-hydrogen) atoms. The van der Waals surface area contributed by atoms with E-state index in [4.69, 9.17) is 33.7 Å². The summed E-state index contributed by atoms with van der Waals surface area (Å²) in [4.78, 5) is 14.2. The lowest BCUT2D eigenvalue weighted by atomic mass is 9.90. The number of likely N-dealkylation sites (tertiary alicyclic amines) is 1. The number of rotatable bonds is 6. The van der Waals surface area contributed by atoms with Crippen LogP contribution in [0.5, 0.6) is 0 Å². The highest BCUT2D eigenvalue weighted by Gasteiger charge is 2.25. The van der Waals surface area contributed by atoms with Crippen molar-refractivity contribution >= 4 is 41.5 Å². The van der Waals surface area contributed by atoms with Crippen molar-refractivity contribution in [1.82, 2.24) is 4.90 Å². The summed E-state index contributed by atoms with van der Waals surface area (Å²) in [6.45, 7) is 1.93. The van der Waals surface area contributed by atoms with E-state index in [0.717, 1.165) is 42.9 Å². The number of benzene rings is 1. The van der Waals surface area contributed by atoms with E-state index in [1.54, 1.807) is 13.2 Å². The first-order valence-corrected chi connectivity index (χ1v) is 8.73. The SMILES string of the molecule is COC(CN)CC(=O)N1CCC(Cc2cc(Cl)ccc2Cl)CC1.Cl. The van der Waals surface area contributed by atoms with Gasteiger partial charge in [-0.25, -0.2) is 0 Å². The molecule has 0 aliphatic carbocycles. The van der Waals surface area contributed by atoms with Gasteiger partial charge < -0.3 is 15.4 Å². The minimum absolute atomic E-state index is 0. The highest BCUT2D eigenvalue weighted by atomic mass is 35.5. The highest BCUT2D eigenvalue weighted by molar-refractivity contribution is 6.33. The van der Waals surface area contributed by atoms with Crippen LogP contribution in [0.1, 0.15) is 24.8 Å². The Morgan fingerprint density at radius 3 is 2.62 bits per heavy atom. The molecule has 1 unspecified atom stereocenters. The smallest absolute Gasteiger partial charge is 0.225 e. The Morgan fingerprint density at radius 1 is 1.38 bits per heavy atom. The summed E-state index contributed by atoms with van der Waals surface area (Å²) in [6.07, 6.45) is 3.04. The molecule has 4 nitrogen and oxygen atoms in total. The second kappa shape index (κ2) is 10.5. The maximum Gasteiger partial charge on any atom is 0.225 e. The van der Waals surface area contributed by atoms with Crippen LogP contribution in [0.3, 0.4) is 0 Å². The van der Waals surface area contributed by atoms with Gasteiger partial charge in [-0.2, -0.15) is 0 Å². The Kier molecular flexibility index (Phi) is 9.39. The molecular weight excluding hydrogens is 371 g/mol. The number of nitrogens with zero attached hydrogens (tertiary/aromatic N) is 1. The number of carbonyl (C=O) groups excluding carboxylic acids is 1. The number of methoxy groups -OCH3 is 1. The van der Waals surface area contributed by atoms with Crippen molar-refractivity contribution < 1.29 is 9.53 Å². The van der Waals surface area contributed by atoms with E-state index in [1.807, 2.05) is 17.0 Å². The molecule has 1 aromatic rings. The van der Waals surface area contributed by atoms with Crippen molar-refractivity contribution in [3.05, 3.63) is 33.8 Å². The molecule has 136 valence electrons. The number of nitrogens with two attached hydrogens (primary N) is 1. The molecule has 1 aromatic carbocycles. The number of ether oxygens (including phenoxy) is 1. The lowest BCUT2D eigenvalue weighted by Crippen LogP contribution is -2.41. The molecule has 1 fully saturated rings. The van der Waals surface area contributed by atoms with E-state index in [0.29, 0.717) is 23.9 Å². The van der Waals surface area contributed by atoms with Gasteiger partial charge in [-0.1, -0.05) is 23.2 Å². The van der Waals surface area contributed by atoms with Crippen LogP contribution in [0, 0.1) is 5.92 Å². The molecule has 1 aliphatic rings. The molecule has 0 aromatic heterocycles. The van der Waals surface area contributed by atoms with Gasteiger partial charge in [0.25, 0.3) is 0 Å². The second-order valence-corrected chi connectivity index (χ2v) is 6.91. The third kappa shape index (κ3) is 6.08. The van der Waals surface area contributed by atoms with E-state index in [1.165, 1.54) is 0 Å². The fraction of sp³-hybridized carbons (Fsp3) is 0.588. The minimum atomic E-state index is -0.189. The van der Waals surface area contributed by atoms with Crippen molar-refractivity contribution in [2.45, 2.75) is 31.8 Å². The molecule has 1 heterocycles. The standard InChI is InChI=1S/C17H24Cl2N2O2.ClH/c1-23-15(11-20)10-17(22)21-6-4-12(5-7-21)8-13-9-14(18)2-3-16(13)19;/h2-3,9,12,15H,4-8,10-11,20H2,1H3;1H. The molecule has 2 rings (SSSR count). The van der Waals surface area contributed by atoms with Crippen LogP contribution >= 0.6 is 35.6 Å². The van der Waals surface area contributed by atoms with Gasteiger partial charge in [-0.15, -0.1) is 12.4 Å². The van der Waals surface area contributed by atoms with Gasteiger partial charge >= 0.3 is 0 Å². The summed E-state index contributed by atoms with van der Waals surface area (Å²) in [7, 11) is 1.59. The first-order chi connectivity index (χ1) is 11.0. The largest absolute Gasteiger partial charge is 0.380 e. The van der Waals surface area contributed by atoms with Crippen LogP contribution in [-0.4, -0.2) is 43.7 Å².